The molecule has 212 valence electrons. The van der Waals surface area contributed by atoms with Crippen LogP contribution in [0.1, 0.15) is 141 Å². The van der Waals surface area contributed by atoms with Gasteiger partial charge in [-0.2, -0.15) is 12.6 Å². The quantitative estimate of drug-likeness (QED) is 0.261. The number of aromatic hydroxyl groups is 2. The molecule has 2 atom stereocenters. The molecule has 38 heavy (non-hydrogen) atoms. The maximum atomic E-state index is 12.8. The van der Waals surface area contributed by atoms with Gasteiger partial charge in [0.15, 0.2) is 0 Å². The fourth-order valence-corrected chi connectivity index (χ4v) is 5.28. The second-order valence-corrected chi connectivity index (χ2v) is 15.2. The Morgan fingerprint density at radius 1 is 0.763 bits per heavy atom. The van der Waals surface area contributed by atoms with Gasteiger partial charge < -0.3 is 14.9 Å². The number of ether oxygens (including phenoxy) is 1. The van der Waals surface area contributed by atoms with Gasteiger partial charge in [0, 0.05) is 17.5 Å². The summed E-state index contributed by atoms with van der Waals surface area (Å²) in [5.41, 5.74) is 3.52. The van der Waals surface area contributed by atoms with Crippen molar-refractivity contribution in [3.8, 4) is 11.5 Å². The van der Waals surface area contributed by atoms with Crippen molar-refractivity contribution in [2.45, 2.75) is 129 Å². The third-order valence-electron chi connectivity index (χ3n) is 7.00. The summed E-state index contributed by atoms with van der Waals surface area (Å²) in [6.07, 6.45) is -0.519. The number of carbonyl (C=O) groups excluding carboxylic acids is 1. The molecule has 0 spiro atoms. The first-order valence-corrected chi connectivity index (χ1v) is 14.2. The first-order chi connectivity index (χ1) is 17.0. The van der Waals surface area contributed by atoms with E-state index >= 15 is 0 Å². The standard InChI is InChI=1S/C33H50O4S/c1-14-24(34)37-28(20-15-16-21(30(2,3)4)27(36)25(20)33(11,12)13)29(38)19-17-22(31(5,6)7)26(35)23(18-19)32(8,9)10/h15-18,28-29,35-36,38H,14H2,1-13H3. The van der Waals surface area contributed by atoms with Crippen molar-refractivity contribution >= 4 is 18.6 Å². The molecule has 2 aromatic carbocycles. The molecule has 0 heterocycles. The summed E-state index contributed by atoms with van der Waals surface area (Å²) in [4.78, 5) is 12.8. The summed E-state index contributed by atoms with van der Waals surface area (Å²) >= 11 is 5.08. The van der Waals surface area contributed by atoms with Gasteiger partial charge in [-0.05, 0) is 43.9 Å². The fraction of sp³-hybridized carbons (Fsp3) is 0.606. The van der Waals surface area contributed by atoms with E-state index in [1.807, 2.05) is 24.3 Å². The Morgan fingerprint density at radius 2 is 1.21 bits per heavy atom. The molecule has 0 amide bonds. The van der Waals surface area contributed by atoms with Gasteiger partial charge in [-0.1, -0.05) is 114 Å². The number of thiol groups is 1. The summed E-state index contributed by atoms with van der Waals surface area (Å²) in [6.45, 7) is 26.6. The molecule has 0 saturated carbocycles. The molecule has 5 heteroatoms. The average Bonchev–Trinajstić information content (AvgIpc) is 2.73. The maximum absolute atomic E-state index is 12.8. The lowest BCUT2D eigenvalue weighted by atomic mass is 9.75. The molecule has 0 aliphatic rings. The number of carbonyl (C=O) groups is 1. The topological polar surface area (TPSA) is 66.8 Å². The molecule has 0 bridgehead atoms. The van der Waals surface area contributed by atoms with Crippen LogP contribution < -0.4 is 0 Å². The maximum Gasteiger partial charge on any atom is 0.306 e. The van der Waals surface area contributed by atoms with Crippen molar-refractivity contribution < 1.29 is 19.7 Å². The summed E-state index contributed by atoms with van der Waals surface area (Å²) in [6, 6.07) is 7.88. The molecular formula is C33H50O4S. The minimum absolute atomic E-state index is 0.226. The van der Waals surface area contributed by atoms with Crippen molar-refractivity contribution in [1.29, 1.82) is 0 Å². The summed E-state index contributed by atoms with van der Waals surface area (Å²) < 4.78 is 6.11. The monoisotopic (exact) mass is 542 g/mol. The molecule has 2 rings (SSSR count). The normalized spacial score (nSPS) is 14.8. The number of esters is 1. The van der Waals surface area contributed by atoms with Crippen LogP contribution in [-0.4, -0.2) is 16.2 Å². The first kappa shape index (κ1) is 32.1. The number of phenolic OH excluding ortho intramolecular Hbond substituents is 2. The van der Waals surface area contributed by atoms with Crippen molar-refractivity contribution in [3.05, 3.63) is 57.6 Å². The fourth-order valence-electron chi connectivity index (χ4n) is 4.91. The number of hydrogen-bond donors (Lipinski definition) is 3. The Kier molecular flexibility index (Phi) is 9.11. The molecule has 2 N–H and O–H groups in total. The van der Waals surface area contributed by atoms with Crippen molar-refractivity contribution in [2.75, 3.05) is 0 Å². The van der Waals surface area contributed by atoms with Crippen LogP contribution >= 0.6 is 12.6 Å². The van der Waals surface area contributed by atoms with Crippen LogP contribution in [0.3, 0.4) is 0 Å². The van der Waals surface area contributed by atoms with Gasteiger partial charge in [-0.15, -0.1) is 0 Å². The molecule has 0 aliphatic carbocycles. The Labute approximate surface area is 236 Å². The zero-order valence-electron chi connectivity index (χ0n) is 25.8. The molecule has 0 aliphatic heterocycles. The Balaban J connectivity index is 2.93. The van der Waals surface area contributed by atoms with Crippen LogP contribution in [0.5, 0.6) is 11.5 Å². The van der Waals surface area contributed by atoms with Crippen LogP contribution in [0.4, 0.5) is 0 Å². The van der Waals surface area contributed by atoms with E-state index in [0.29, 0.717) is 5.75 Å². The van der Waals surface area contributed by atoms with Gasteiger partial charge in [-0.25, -0.2) is 0 Å². The number of phenols is 2. The highest BCUT2D eigenvalue weighted by molar-refractivity contribution is 7.80. The van der Waals surface area contributed by atoms with E-state index in [1.54, 1.807) is 6.92 Å². The van der Waals surface area contributed by atoms with Crippen LogP contribution in [0, 0.1) is 0 Å². The smallest absolute Gasteiger partial charge is 0.306 e. The first-order valence-electron chi connectivity index (χ1n) is 13.6. The van der Waals surface area contributed by atoms with Crippen molar-refractivity contribution in [3.63, 3.8) is 0 Å². The van der Waals surface area contributed by atoms with Gasteiger partial charge in [0.1, 0.15) is 17.6 Å². The van der Waals surface area contributed by atoms with E-state index in [0.717, 1.165) is 33.4 Å². The molecule has 2 aromatic rings. The predicted molar refractivity (Wildman–Crippen MR) is 162 cm³/mol. The number of benzene rings is 2. The van der Waals surface area contributed by atoms with Crippen molar-refractivity contribution in [1.82, 2.24) is 0 Å². The Morgan fingerprint density at radius 3 is 1.58 bits per heavy atom. The highest BCUT2D eigenvalue weighted by atomic mass is 32.1. The van der Waals surface area contributed by atoms with Gasteiger partial charge in [0.25, 0.3) is 0 Å². The van der Waals surface area contributed by atoms with Gasteiger partial charge in [-0.3, -0.25) is 4.79 Å². The third-order valence-corrected chi connectivity index (χ3v) is 7.57. The summed E-state index contributed by atoms with van der Waals surface area (Å²) in [7, 11) is 0. The minimum Gasteiger partial charge on any atom is -0.507 e. The summed E-state index contributed by atoms with van der Waals surface area (Å²) in [5, 5.41) is 22.3. The third kappa shape index (κ3) is 6.89. The molecule has 0 saturated heterocycles. The largest absolute Gasteiger partial charge is 0.507 e. The van der Waals surface area contributed by atoms with E-state index in [9.17, 15) is 15.0 Å². The number of hydrogen-bond acceptors (Lipinski definition) is 5. The second kappa shape index (κ2) is 10.8. The highest BCUT2D eigenvalue weighted by Crippen LogP contribution is 2.49. The lowest BCUT2D eigenvalue weighted by Gasteiger charge is -2.34. The molecule has 0 fully saturated rings. The van der Waals surface area contributed by atoms with E-state index in [2.05, 4.69) is 83.1 Å². The second-order valence-electron chi connectivity index (χ2n) is 14.6. The highest BCUT2D eigenvalue weighted by Gasteiger charge is 2.36. The SMILES string of the molecule is CCC(=O)OC(c1ccc(C(C)(C)C)c(O)c1C(C)(C)C)C(S)c1cc(C(C)(C)C)c(O)c(C(C)(C)C)c1. The lowest BCUT2D eigenvalue weighted by Crippen LogP contribution is -2.24. The minimum atomic E-state index is -0.745. The molecular weight excluding hydrogens is 492 g/mol. The van der Waals surface area contributed by atoms with E-state index in [4.69, 9.17) is 17.4 Å². The Hall–Kier alpha value is -2.14. The lowest BCUT2D eigenvalue weighted by molar-refractivity contribution is -0.149. The van der Waals surface area contributed by atoms with E-state index in [1.165, 1.54) is 0 Å². The van der Waals surface area contributed by atoms with E-state index in [-0.39, 0.29) is 34.4 Å². The molecule has 2 unspecified atom stereocenters. The zero-order valence-corrected chi connectivity index (χ0v) is 26.7. The van der Waals surface area contributed by atoms with Crippen LogP contribution in [0.25, 0.3) is 0 Å². The zero-order chi connectivity index (χ0) is 29.6. The van der Waals surface area contributed by atoms with E-state index < -0.39 is 16.8 Å². The van der Waals surface area contributed by atoms with Crippen molar-refractivity contribution in [2.24, 2.45) is 0 Å². The predicted octanol–water partition coefficient (Wildman–Crippen LogP) is 8.95. The van der Waals surface area contributed by atoms with Crippen LogP contribution in [0.2, 0.25) is 0 Å². The van der Waals surface area contributed by atoms with Crippen LogP contribution in [-0.2, 0) is 31.2 Å². The average molecular weight is 543 g/mol. The van der Waals surface area contributed by atoms with Gasteiger partial charge in [0.05, 0.1) is 5.25 Å². The van der Waals surface area contributed by atoms with Gasteiger partial charge >= 0.3 is 5.97 Å². The van der Waals surface area contributed by atoms with Crippen LogP contribution in [0.15, 0.2) is 24.3 Å². The number of rotatable bonds is 5. The molecule has 4 nitrogen and oxygen atoms in total. The Bertz CT molecular complexity index is 1130. The van der Waals surface area contributed by atoms with Gasteiger partial charge in [0.2, 0.25) is 0 Å². The molecule has 0 radical (unpaired) electrons. The molecule has 0 aromatic heterocycles. The summed E-state index contributed by atoms with van der Waals surface area (Å²) in [5.74, 6) is 0.190.